The molecule has 18 heavy (non-hydrogen) atoms. The second-order valence-electron chi connectivity index (χ2n) is 4.42. The Hall–Kier alpha value is -1.93. The highest BCUT2D eigenvalue weighted by molar-refractivity contribution is 5.51. The number of fused-ring (bicyclic) bond motifs is 1. The monoisotopic (exact) mass is 246 g/mol. The third-order valence-corrected chi connectivity index (χ3v) is 3.01. The minimum atomic E-state index is 0.0378. The predicted molar refractivity (Wildman–Crippen MR) is 63.5 cm³/mol. The van der Waals surface area contributed by atoms with Crippen molar-refractivity contribution >= 4 is 0 Å². The zero-order valence-corrected chi connectivity index (χ0v) is 9.94. The molecule has 2 aliphatic rings. The topological polar surface area (TPSA) is 63.5 Å². The molecule has 1 aliphatic carbocycles. The van der Waals surface area contributed by atoms with Gasteiger partial charge in [-0.15, -0.1) is 0 Å². The van der Waals surface area contributed by atoms with Crippen molar-refractivity contribution in [3.63, 3.8) is 0 Å². The molecule has 0 spiro atoms. The number of nitrogens with one attached hydrogen (secondary N) is 1. The minimum absolute atomic E-state index is 0.0378. The van der Waals surface area contributed by atoms with E-state index in [4.69, 9.17) is 19.5 Å². The number of nitrogens with zero attached hydrogens (tertiary/aromatic N) is 1. The summed E-state index contributed by atoms with van der Waals surface area (Å²) in [7, 11) is 0. The molecule has 1 N–H and O–H groups in total. The van der Waals surface area contributed by atoms with Crippen LogP contribution in [0.5, 0.6) is 17.2 Å². The van der Waals surface area contributed by atoms with E-state index in [2.05, 4.69) is 5.32 Å². The van der Waals surface area contributed by atoms with Crippen molar-refractivity contribution in [2.24, 2.45) is 0 Å². The number of benzene rings is 1. The highest BCUT2D eigenvalue weighted by Gasteiger charge is 2.22. The Morgan fingerprint density at radius 3 is 2.83 bits per heavy atom. The molecule has 1 heterocycles. The molecule has 5 nitrogen and oxygen atoms in total. The van der Waals surface area contributed by atoms with Crippen LogP contribution in [-0.4, -0.2) is 19.4 Å². The van der Waals surface area contributed by atoms with Gasteiger partial charge in [0.05, 0.1) is 0 Å². The van der Waals surface area contributed by atoms with Crippen LogP contribution in [0.15, 0.2) is 12.1 Å². The van der Waals surface area contributed by atoms with Crippen molar-refractivity contribution in [2.45, 2.75) is 25.4 Å². The summed E-state index contributed by atoms with van der Waals surface area (Å²) in [5, 5.41) is 12.0. The molecule has 1 aliphatic heterocycles. The molecule has 1 aromatic carbocycles. The standard InChI is InChI=1S/C13H14N2O3/c14-3-4-16-11-6-13-12(17-8-18-13)5-9(11)7-15-10-1-2-10/h5-6,10,15H,1-2,4,7-8H2. The summed E-state index contributed by atoms with van der Waals surface area (Å²) in [6.07, 6.45) is 2.47. The Kier molecular flexibility index (Phi) is 2.95. The van der Waals surface area contributed by atoms with Crippen LogP contribution in [0.3, 0.4) is 0 Å². The van der Waals surface area contributed by atoms with Crippen molar-refractivity contribution in [2.75, 3.05) is 13.4 Å². The van der Waals surface area contributed by atoms with Gasteiger partial charge in [0.15, 0.2) is 18.1 Å². The summed E-state index contributed by atoms with van der Waals surface area (Å²) in [6.45, 7) is 1.00. The van der Waals surface area contributed by atoms with Crippen LogP contribution in [0.2, 0.25) is 0 Å². The van der Waals surface area contributed by atoms with Gasteiger partial charge >= 0.3 is 0 Å². The predicted octanol–water partition coefficient (Wildman–Crippen LogP) is 1.57. The van der Waals surface area contributed by atoms with Gasteiger partial charge < -0.3 is 19.5 Å². The van der Waals surface area contributed by atoms with Crippen molar-refractivity contribution in [3.8, 4) is 23.3 Å². The molecule has 1 fully saturated rings. The molecule has 0 amide bonds. The summed E-state index contributed by atoms with van der Waals surface area (Å²) in [5.41, 5.74) is 1.00. The lowest BCUT2D eigenvalue weighted by Crippen LogP contribution is -2.16. The molecule has 0 bridgehead atoms. The molecule has 94 valence electrons. The summed E-state index contributed by atoms with van der Waals surface area (Å²) in [4.78, 5) is 0. The third-order valence-electron chi connectivity index (χ3n) is 3.01. The Balaban J connectivity index is 1.80. The summed E-state index contributed by atoms with van der Waals surface area (Å²) < 4.78 is 16.1. The van der Waals surface area contributed by atoms with Gasteiger partial charge in [-0.3, -0.25) is 0 Å². The molecule has 0 unspecified atom stereocenters. The Morgan fingerprint density at radius 1 is 1.33 bits per heavy atom. The fourth-order valence-electron chi connectivity index (χ4n) is 1.89. The molecule has 3 rings (SSSR count). The second-order valence-corrected chi connectivity index (χ2v) is 4.42. The van der Waals surface area contributed by atoms with Gasteiger partial charge in [0.25, 0.3) is 0 Å². The minimum Gasteiger partial charge on any atom is -0.478 e. The van der Waals surface area contributed by atoms with E-state index in [1.807, 2.05) is 12.1 Å². The van der Waals surface area contributed by atoms with Crippen LogP contribution in [0.1, 0.15) is 18.4 Å². The fourth-order valence-corrected chi connectivity index (χ4v) is 1.89. The SMILES string of the molecule is N#CCOc1cc2c(cc1CNC1CC1)OCO2. The maximum atomic E-state index is 8.59. The van der Waals surface area contributed by atoms with Crippen LogP contribution < -0.4 is 19.5 Å². The van der Waals surface area contributed by atoms with Gasteiger partial charge in [-0.2, -0.15) is 5.26 Å². The second kappa shape index (κ2) is 4.75. The summed E-state index contributed by atoms with van der Waals surface area (Å²) in [6, 6.07) is 6.31. The van der Waals surface area contributed by atoms with Crippen LogP contribution in [0.4, 0.5) is 0 Å². The van der Waals surface area contributed by atoms with E-state index in [0.717, 1.165) is 17.9 Å². The van der Waals surface area contributed by atoms with Gasteiger partial charge in [-0.1, -0.05) is 0 Å². The van der Waals surface area contributed by atoms with Gasteiger partial charge in [0, 0.05) is 24.2 Å². The van der Waals surface area contributed by atoms with Crippen LogP contribution in [0, 0.1) is 11.3 Å². The van der Waals surface area contributed by atoms with E-state index in [9.17, 15) is 0 Å². The quantitative estimate of drug-likeness (QED) is 0.854. The van der Waals surface area contributed by atoms with Crippen LogP contribution in [-0.2, 0) is 6.54 Å². The highest BCUT2D eigenvalue weighted by Crippen LogP contribution is 2.38. The molecule has 1 saturated carbocycles. The number of ether oxygens (including phenoxy) is 3. The maximum Gasteiger partial charge on any atom is 0.231 e. The van der Waals surface area contributed by atoms with Gasteiger partial charge in [0.2, 0.25) is 6.79 Å². The van der Waals surface area contributed by atoms with Crippen molar-refractivity contribution in [1.82, 2.24) is 5.32 Å². The van der Waals surface area contributed by atoms with Crippen LogP contribution >= 0.6 is 0 Å². The van der Waals surface area contributed by atoms with Crippen molar-refractivity contribution in [3.05, 3.63) is 17.7 Å². The molecule has 0 saturated heterocycles. The molecule has 0 atom stereocenters. The lowest BCUT2D eigenvalue weighted by Gasteiger charge is -2.11. The normalized spacial score (nSPS) is 16.4. The number of hydrogen-bond acceptors (Lipinski definition) is 5. The largest absolute Gasteiger partial charge is 0.478 e. The van der Waals surface area contributed by atoms with Crippen LogP contribution in [0.25, 0.3) is 0 Å². The fraction of sp³-hybridized carbons (Fsp3) is 0.462. The lowest BCUT2D eigenvalue weighted by molar-refractivity contribution is 0.174. The van der Waals surface area contributed by atoms with E-state index in [1.54, 1.807) is 6.07 Å². The summed E-state index contributed by atoms with van der Waals surface area (Å²) in [5.74, 6) is 2.11. The number of hydrogen-bond donors (Lipinski definition) is 1. The lowest BCUT2D eigenvalue weighted by atomic mass is 10.1. The smallest absolute Gasteiger partial charge is 0.231 e. The highest BCUT2D eigenvalue weighted by atomic mass is 16.7. The van der Waals surface area contributed by atoms with E-state index in [1.165, 1.54) is 12.8 Å². The molecular formula is C13H14N2O3. The van der Waals surface area contributed by atoms with Gasteiger partial charge in [-0.25, -0.2) is 0 Å². The molecule has 0 radical (unpaired) electrons. The van der Waals surface area contributed by atoms with E-state index in [-0.39, 0.29) is 13.4 Å². The average Bonchev–Trinajstić information content (AvgIpc) is 3.10. The van der Waals surface area contributed by atoms with E-state index >= 15 is 0 Å². The average molecular weight is 246 g/mol. The zero-order chi connectivity index (χ0) is 12.4. The first-order valence-corrected chi connectivity index (χ1v) is 6.02. The number of nitriles is 1. The zero-order valence-electron chi connectivity index (χ0n) is 9.94. The van der Waals surface area contributed by atoms with E-state index < -0.39 is 0 Å². The Labute approximate surface area is 105 Å². The third kappa shape index (κ3) is 2.34. The number of rotatable bonds is 5. The first-order chi connectivity index (χ1) is 8.86. The molecular weight excluding hydrogens is 232 g/mol. The maximum absolute atomic E-state index is 8.59. The molecule has 5 heteroatoms. The first-order valence-electron chi connectivity index (χ1n) is 6.02. The molecule has 0 aromatic heterocycles. The van der Waals surface area contributed by atoms with Gasteiger partial charge in [-0.05, 0) is 18.9 Å². The summed E-state index contributed by atoms with van der Waals surface area (Å²) >= 11 is 0. The van der Waals surface area contributed by atoms with Gasteiger partial charge in [0.1, 0.15) is 11.8 Å². The van der Waals surface area contributed by atoms with Crippen molar-refractivity contribution in [1.29, 1.82) is 5.26 Å². The Bertz CT molecular complexity index is 492. The molecule has 1 aromatic rings. The van der Waals surface area contributed by atoms with Crippen molar-refractivity contribution < 1.29 is 14.2 Å². The van der Waals surface area contributed by atoms with E-state index in [0.29, 0.717) is 17.5 Å². The first kappa shape index (κ1) is 11.2. The Morgan fingerprint density at radius 2 is 2.11 bits per heavy atom.